The van der Waals surface area contributed by atoms with Gasteiger partial charge in [-0.2, -0.15) is 0 Å². The van der Waals surface area contributed by atoms with Gasteiger partial charge in [0.2, 0.25) is 5.91 Å². The molecular formula is C16H20N2O2S. The number of hydrogen-bond acceptors (Lipinski definition) is 4. The molecule has 0 aliphatic rings. The molecule has 2 rings (SSSR count). The van der Waals surface area contributed by atoms with Gasteiger partial charge in [-0.15, -0.1) is 11.3 Å². The molecule has 1 aromatic heterocycles. The van der Waals surface area contributed by atoms with Crippen molar-refractivity contribution in [2.75, 3.05) is 12.4 Å². The highest BCUT2D eigenvalue weighted by Gasteiger charge is 2.11. The SMILES string of the molecule is COCc1nc(-c2ccc(NC(=O)C(C)C)cc2)c(C)s1. The van der Waals surface area contributed by atoms with Gasteiger partial charge in [0.1, 0.15) is 5.01 Å². The van der Waals surface area contributed by atoms with Gasteiger partial charge in [0.05, 0.1) is 12.3 Å². The Morgan fingerprint density at radius 1 is 1.33 bits per heavy atom. The predicted octanol–water partition coefficient (Wildman–Crippen LogP) is 3.86. The van der Waals surface area contributed by atoms with Crippen molar-refractivity contribution >= 4 is 22.9 Å². The Balaban J connectivity index is 2.17. The van der Waals surface area contributed by atoms with E-state index < -0.39 is 0 Å². The minimum absolute atomic E-state index is 0.0231. The number of amides is 1. The number of carbonyl (C=O) groups excluding carboxylic acids is 1. The summed E-state index contributed by atoms with van der Waals surface area (Å²) in [4.78, 5) is 17.4. The van der Waals surface area contributed by atoms with Crippen molar-refractivity contribution in [3.8, 4) is 11.3 Å². The molecule has 0 radical (unpaired) electrons. The number of thiazole rings is 1. The van der Waals surface area contributed by atoms with Crippen LogP contribution in [0.25, 0.3) is 11.3 Å². The third kappa shape index (κ3) is 3.89. The average molecular weight is 304 g/mol. The molecule has 0 unspecified atom stereocenters. The Morgan fingerprint density at radius 3 is 2.57 bits per heavy atom. The molecule has 1 aromatic carbocycles. The summed E-state index contributed by atoms with van der Waals surface area (Å²) in [5.41, 5.74) is 2.84. The summed E-state index contributed by atoms with van der Waals surface area (Å²) in [6, 6.07) is 7.78. The maximum Gasteiger partial charge on any atom is 0.226 e. The molecule has 112 valence electrons. The van der Waals surface area contributed by atoms with E-state index in [1.54, 1.807) is 18.4 Å². The lowest BCUT2D eigenvalue weighted by molar-refractivity contribution is -0.118. The number of methoxy groups -OCH3 is 1. The molecule has 21 heavy (non-hydrogen) atoms. The van der Waals surface area contributed by atoms with Crippen LogP contribution in [0.15, 0.2) is 24.3 Å². The first kappa shape index (κ1) is 15.7. The number of carbonyl (C=O) groups is 1. The van der Waals surface area contributed by atoms with Crippen LogP contribution < -0.4 is 5.32 Å². The van der Waals surface area contributed by atoms with E-state index in [1.165, 1.54) is 4.88 Å². The Morgan fingerprint density at radius 2 is 2.00 bits per heavy atom. The smallest absolute Gasteiger partial charge is 0.226 e. The van der Waals surface area contributed by atoms with Crippen LogP contribution in [0.4, 0.5) is 5.69 Å². The van der Waals surface area contributed by atoms with Gasteiger partial charge in [-0.05, 0) is 19.1 Å². The van der Waals surface area contributed by atoms with E-state index in [0.29, 0.717) is 6.61 Å². The topological polar surface area (TPSA) is 51.2 Å². The van der Waals surface area contributed by atoms with Gasteiger partial charge in [-0.25, -0.2) is 4.98 Å². The van der Waals surface area contributed by atoms with Crippen LogP contribution in [0.1, 0.15) is 23.7 Å². The number of nitrogens with one attached hydrogen (secondary N) is 1. The average Bonchev–Trinajstić information content (AvgIpc) is 2.81. The zero-order valence-corrected chi connectivity index (χ0v) is 13.6. The van der Waals surface area contributed by atoms with Crippen LogP contribution in [0.5, 0.6) is 0 Å². The number of aryl methyl sites for hydroxylation is 1. The Bertz CT molecular complexity index is 618. The maximum atomic E-state index is 11.7. The van der Waals surface area contributed by atoms with Crippen molar-refractivity contribution in [1.82, 2.24) is 4.98 Å². The van der Waals surface area contributed by atoms with E-state index in [-0.39, 0.29) is 11.8 Å². The summed E-state index contributed by atoms with van der Waals surface area (Å²) >= 11 is 1.65. The molecule has 0 fully saturated rings. The first-order chi connectivity index (χ1) is 10.0. The fourth-order valence-electron chi connectivity index (χ4n) is 1.90. The van der Waals surface area contributed by atoms with Crippen molar-refractivity contribution in [2.45, 2.75) is 27.4 Å². The van der Waals surface area contributed by atoms with E-state index in [9.17, 15) is 4.79 Å². The number of rotatable bonds is 5. The molecule has 1 heterocycles. The van der Waals surface area contributed by atoms with Crippen LogP contribution in [-0.2, 0) is 16.1 Å². The van der Waals surface area contributed by atoms with Crippen LogP contribution in [0, 0.1) is 12.8 Å². The highest BCUT2D eigenvalue weighted by atomic mass is 32.1. The lowest BCUT2D eigenvalue weighted by atomic mass is 10.1. The fraction of sp³-hybridized carbons (Fsp3) is 0.375. The first-order valence-electron chi connectivity index (χ1n) is 6.87. The Kier molecular flexibility index (Phi) is 5.09. The number of hydrogen-bond donors (Lipinski definition) is 1. The molecule has 0 atom stereocenters. The zero-order chi connectivity index (χ0) is 15.4. The molecule has 2 aromatic rings. The number of nitrogens with zero attached hydrogens (tertiary/aromatic N) is 1. The van der Waals surface area contributed by atoms with Crippen LogP contribution in [0.2, 0.25) is 0 Å². The van der Waals surface area contributed by atoms with Gasteiger partial charge >= 0.3 is 0 Å². The number of anilines is 1. The van der Waals surface area contributed by atoms with Crippen molar-refractivity contribution < 1.29 is 9.53 Å². The highest BCUT2D eigenvalue weighted by Crippen LogP contribution is 2.28. The molecule has 1 amide bonds. The second-order valence-electron chi connectivity index (χ2n) is 5.17. The fourth-order valence-corrected chi connectivity index (χ4v) is 2.83. The molecular weight excluding hydrogens is 284 g/mol. The van der Waals surface area contributed by atoms with E-state index >= 15 is 0 Å². The minimum Gasteiger partial charge on any atom is -0.378 e. The number of benzene rings is 1. The Labute approximate surface area is 129 Å². The van der Waals surface area contributed by atoms with E-state index in [2.05, 4.69) is 17.2 Å². The molecule has 4 nitrogen and oxygen atoms in total. The molecule has 5 heteroatoms. The zero-order valence-electron chi connectivity index (χ0n) is 12.8. The van der Waals surface area contributed by atoms with Crippen LogP contribution >= 0.6 is 11.3 Å². The quantitative estimate of drug-likeness (QED) is 0.912. The normalized spacial score (nSPS) is 10.9. The van der Waals surface area contributed by atoms with Crippen molar-refractivity contribution in [3.63, 3.8) is 0 Å². The lowest BCUT2D eigenvalue weighted by Crippen LogP contribution is -2.17. The van der Waals surface area contributed by atoms with Gasteiger partial charge < -0.3 is 10.1 Å². The van der Waals surface area contributed by atoms with Gasteiger partial charge in [0.15, 0.2) is 0 Å². The van der Waals surface area contributed by atoms with Crippen LogP contribution in [0.3, 0.4) is 0 Å². The first-order valence-corrected chi connectivity index (χ1v) is 7.69. The van der Waals surface area contributed by atoms with Gasteiger partial charge in [-0.1, -0.05) is 26.0 Å². The van der Waals surface area contributed by atoms with Crippen molar-refractivity contribution in [2.24, 2.45) is 5.92 Å². The standard InChI is InChI=1S/C16H20N2O2S/c1-10(2)16(19)17-13-7-5-12(6-8-13)15-11(3)21-14(18-15)9-20-4/h5-8,10H,9H2,1-4H3,(H,17,19). The summed E-state index contributed by atoms with van der Waals surface area (Å²) in [5, 5.41) is 3.86. The van der Waals surface area contributed by atoms with Crippen molar-refractivity contribution in [1.29, 1.82) is 0 Å². The lowest BCUT2D eigenvalue weighted by Gasteiger charge is -2.08. The molecule has 0 spiro atoms. The summed E-state index contributed by atoms with van der Waals surface area (Å²) in [7, 11) is 1.67. The minimum atomic E-state index is -0.0259. The van der Waals surface area contributed by atoms with E-state index in [4.69, 9.17) is 4.74 Å². The molecule has 0 saturated heterocycles. The molecule has 0 saturated carbocycles. The Hall–Kier alpha value is -1.72. The largest absolute Gasteiger partial charge is 0.378 e. The third-order valence-electron chi connectivity index (χ3n) is 3.06. The summed E-state index contributed by atoms with van der Waals surface area (Å²) in [6.45, 7) is 6.34. The molecule has 0 aliphatic heterocycles. The molecule has 0 bridgehead atoms. The van der Waals surface area contributed by atoms with E-state index in [1.807, 2.05) is 38.1 Å². The summed E-state index contributed by atoms with van der Waals surface area (Å²) in [5.74, 6) is -0.00275. The molecule has 0 aliphatic carbocycles. The monoisotopic (exact) mass is 304 g/mol. The van der Waals surface area contributed by atoms with Gasteiger partial charge in [0.25, 0.3) is 0 Å². The second-order valence-corrected chi connectivity index (χ2v) is 6.45. The van der Waals surface area contributed by atoms with Gasteiger partial charge in [-0.3, -0.25) is 4.79 Å². The summed E-state index contributed by atoms with van der Waals surface area (Å²) < 4.78 is 5.12. The van der Waals surface area contributed by atoms with Crippen molar-refractivity contribution in [3.05, 3.63) is 34.2 Å². The third-order valence-corrected chi connectivity index (χ3v) is 4.00. The summed E-state index contributed by atoms with van der Waals surface area (Å²) in [6.07, 6.45) is 0. The predicted molar refractivity (Wildman–Crippen MR) is 86.5 cm³/mol. The van der Waals surface area contributed by atoms with Gasteiger partial charge in [0, 0.05) is 29.2 Å². The maximum absolute atomic E-state index is 11.7. The second kappa shape index (κ2) is 6.83. The van der Waals surface area contributed by atoms with Crippen LogP contribution in [-0.4, -0.2) is 18.0 Å². The number of ether oxygens (including phenoxy) is 1. The number of aromatic nitrogens is 1. The van der Waals surface area contributed by atoms with E-state index in [0.717, 1.165) is 22.0 Å². The highest BCUT2D eigenvalue weighted by molar-refractivity contribution is 7.12. The molecule has 1 N–H and O–H groups in total.